The fraction of sp³-hybridized carbons (Fsp3) is 0.444. The molecule has 1 aliphatic rings. The van der Waals surface area contributed by atoms with Crippen LogP contribution < -0.4 is 16.4 Å². The van der Waals surface area contributed by atoms with E-state index in [1.807, 2.05) is 51.2 Å². The van der Waals surface area contributed by atoms with Gasteiger partial charge < -0.3 is 21.1 Å². The topological polar surface area (TPSA) is 102 Å². The van der Waals surface area contributed by atoms with Crippen LogP contribution in [-0.4, -0.2) is 33.7 Å². The molecule has 4 N–H and O–H groups in total. The third-order valence-corrected chi connectivity index (χ3v) is 6.17. The number of aromatic nitrogens is 2. The standard InChI is InChI=1S/C27H35N5O2/c1-5-17-14-19(18-6-8-21(28)9-7-18)15-20-16-29-25(32-24(17)20)30-22-10-12-23(13-11-22)31-26(33)34-27(2,3)4/h6-9,14-16,22-23H,5,10-13,28H2,1-4H3,(H,31,33)(H,29,30,32)/t22-,23-. The summed E-state index contributed by atoms with van der Waals surface area (Å²) in [5, 5.41) is 7.53. The predicted molar refractivity (Wildman–Crippen MR) is 138 cm³/mol. The maximum absolute atomic E-state index is 12.0. The van der Waals surface area contributed by atoms with Gasteiger partial charge in [0.2, 0.25) is 5.95 Å². The Balaban J connectivity index is 1.42. The lowest BCUT2D eigenvalue weighted by molar-refractivity contribution is 0.0492. The number of aryl methyl sites for hydroxylation is 1. The van der Waals surface area contributed by atoms with Crippen LogP contribution in [0, 0.1) is 0 Å². The average molecular weight is 462 g/mol. The van der Waals surface area contributed by atoms with Crippen molar-refractivity contribution in [3.05, 3.63) is 48.2 Å². The molecule has 7 nitrogen and oxygen atoms in total. The van der Waals surface area contributed by atoms with Crippen LogP contribution >= 0.6 is 0 Å². The second kappa shape index (κ2) is 9.87. The van der Waals surface area contributed by atoms with Crippen molar-refractivity contribution in [1.82, 2.24) is 15.3 Å². The Morgan fingerprint density at radius 1 is 1.06 bits per heavy atom. The normalized spacial score (nSPS) is 18.5. The molecule has 1 aromatic heterocycles. The first kappa shape index (κ1) is 23.8. The number of ether oxygens (including phenoxy) is 1. The van der Waals surface area contributed by atoms with Gasteiger partial charge in [0.15, 0.2) is 0 Å². The first-order valence-corrected chi connectivity index (χ1v) is 12.1. The number of nitrogens with zero attached hydrogens (tertiary/aromatic N) is 2. The molecule has 3 aromatic rings. The lowest BCUT2D eigenvalue weighted by Gasteiger charge is -2.30. The summed E-state index contributed by atoms with van der Waals surface area (Å²) in [6.07, 6.45) is 6.13. The van der Waals surface area contributed by atoms with Crippen molar-refractivity contribution in [3.8, 4) is 11.1 Å². The van der Waals surface area contributed by atoms with Crippen LogP contribution in [0.5, 0.6) is 0 Å². The zero-order valence-corrected chi connectivity index (χ0v) is 20.5. The Morgan fingerprint density at radius 3 is 2.38 bits per heavy atom. The second-order valence-corrected chi connectivity index (χ2v) is 10.1. The first-order chi connectivity index (χ1) is 16.2. The third kappa shape index (κ3) is 5.95. The molecule has 34 heavy (non-hydrogen) atoms. The van der Waals surface area contributed by atoms with Gasteiger partial charge >= 0.3 is 6.09 Å². The van der Waals surface area contributed by atoms with Crippen molar-refractivity contribution in [3.63, 3.8) is 0 Å². The highest BCUT2D eigenvalue weighted by Gasteiger charge is 2.25. The van der Waals surface area contributed by atoms with Crippen molar-refractivity contribution in [2.75, 3.05) is 11.1 Å². The van der Waals surface area contributed by atoms with E-state index in [-0.39, 0.29) is 18.2 Å². The maximum Gasteiger partial charge on any atom is 0.407 e. The molecule has 0 aliphatic heterocycles. The number of carbonyl (C=O) groups is 1. The van der Waals surface area contributed by atoms with Gasteiger partial charge in [-0.2, -0.15) is 0 Å². The van der Waals surface area contributed by atoms with Gasteiger partial charge in [-0.05, 0) is 93.8 Å². The van der Waals surface area contributed by atoms with Crippen LogP contribution in [0.4, 0.5) is 16.4 Å². The van der Waals surface area contributed by atoms with E-state index in [1.54, 1.807) is 0 Å². The number of rotatable bonds is 5. The van der Waals surface area contributed by atoms with Crippen LogP contribution in [0.2, 0.25) is 0 Å². The molecule has 1 heterocycles. The number of nitrogens with one attached hydrogen (secondary N) is 2. The van der Waals surface area contributed by atoms with Crippen LogP contribution in [0.25, 0.3) is 22.0 Å². The monoisotopic (exact) mass is 461 g/mol. The Bertz CT molecular complexity index is 1150. The summed E-state index contributed by atoms with van der Waals surface area (Å²) in [6.45, 7) is 7.77. The van der Waals surface area contributed by atoms with E-state index in [0.717, 1.165) is 59.8 Å². The molecular weight excluding hydrogens is 426 g/mol. The number of nitrogen functional groups attached to an aromatic ring is 1. The largest absolute Gasteiger partial charge is 0.444 e. The van der Waals surface area contributed by atoms with E-state index >= 15 is 0 Å². The van der Waals surface area contributed by atoms with Crippen molar-refractivity contribution < 1.29 is 9.53 Å². The van der Waals surface area contributed by atoms with E-state index in [2.05, 4.69) is 34.7 Å². The molecule has 2 aromatic carbocycles. The Labute approximate surface area is 201 Å². The summed E-state index contributed by atoms with van der Waals surface area (Å²) in [7, 11) is 0. The molecule has 0 radical (unpaired) electrons. The molecule has 0 saturated heterocycles. The summed E-state index contributed by atoms with van der Waals surface area (Å²) >= 11 is 0. The van der Waals surface area contributed by atoms with Gasteiger partial charge in [-0.25, -0.2) is 14.8 Å². The number of alkyl carbamates (subject to hydrolysis) is 1. The van der Waals surface area contributed by atoms with E-state index < -0.39 is 5.60 Å². The highest BCUT2D eigenvalue weighted by Crippen LogP contribution is 2.29. The number of hydrogen-bond donors (Lipinski definition) is 3. The van der Waals surface area contributed by atoms with Crippen molar-refractivity contribution in [1.29, 1.82) is 0 Å². The highest BCUT2D eigenvalue weighted by molar-refractivity contribution is 5.87. The molecule has 1 fully saturated rings. The molecule has 1 saturated carbocycles. The van der Waals surface area contributed by atoms with Gasteiger partial charge in [0.05, 0.1) is 5.52 Å². The number of amides is 1. The number of carbonyl (C=O) groups excluding carboxylic acids is 1. The van der Waals surface area contributed by atoms with E-state index in [0.29, 0.717) is 5.95 Å². The summed E-state index contributed by atoms with van der Waals surface area (Å²) in [5.74, 6) is 0.658. The molecule has 7 heteroatoms. The Morgan fingerprint density at radius 2 is 1.74 bits per heavy atom. The lowest BCUT2D eigenvalue weighted by atomic mass is 9.91. The van der Waals surface area contributed by atoms with Gasteiger partial charge in [-0.15, -0.1) is 0 Å². The average Bonchev–Trinajstić information content (AvgIpc) is 2.79. The summed E-state index contributed by atoms with van der Waals surface area (Å²) < 4.78 is 5.38. The zero-order valence-electron chi connectivity index (χ0n) is 20.5. The Kier molecular flexibility index (Phi) is 6.91. The van der Waals surface area contributed by atoms with E-state index in [9.17, 15) is 4.79 Å². The van der Waals surface area contributed by atoms with Gasteiger partial charge in [0.25, 0.3) is 0 Å². The SMILES string of the molecule is CCc1cc(-c2ccc(N)cc2)cc2cnc(N[C@H]3CC[C@H](NC(=O)OC(C)(C)C)CC3)nc12. The second-order valence-electron chi connectivity index (χ2n) is 10.1. The summed E-state index contributed by atoms with van der Waals surface area (Å²) in [4.78, 5) is 21.5. The van der Waals surface area contributed by atoms with Gasteiger partial charge in [0, 0.05) is 29.4 Å². The smallest absolute Gasteiger partial charge is 0.407 e. The summed E-state index contributed by atoms with van der Waals surface area (Å²) in [6, 6.07) is 12.7. The zero-order chi connectivity index (χ0) is 24.3. The van der Waals surface area contributed by atoms with Crippen molar-refractivity contribution in [2.45, 2.75) is 77.5 Å². The summed E-state index contributed by atoms with van der Waals surface area (Å²) in [5.41, 5.74) is 10.6. The molecule has 0 spiro atoms. The van der Waals surface area contributed by atoms with Crippen molar-refractivity contribution in [2.24, 2.45) is 0 Å². The highest BCUT2D eigenvalue weighted by atomic mass is 16.6. The number of hydrogen-bond acceptors (Lipinski definition) is 6. The van der Waals surface area contributed by atoms with Gasteiger partial charge in [-0.1, -0.05) is 19.1 Å². The number of fused-ring (bicyclic) bond motifs is 1. The minimum absolute atomic E-state index is 0.142. The molecule has 0 unspecified atom stereocenters. The van der Waals surface area contributed by atoms with Crippen LogP contribution in [-0.2, 0) is 11.2 Å². The fourth-order valence-corrected chi connectivity index (χ4v) is 4.44. The van der Waals surface area contributed by atoms with Crippen LogP contribution in [0.3, 0.4) is 0 Å². The van der Waals surface area contributed by atoms with Gasteiger partial charge in [0.1, 0.15) is 5.60 Å². The molecule has 4 rings (SSSR count). The van der Waals surface area contributed by atoms with E-state index in [4.69, 9.17) is 15.5 Å². The fourth-order valence-electron chi connectivity index (χ4n) is 4.44. The molecule has 1 aliphatic carbocycles. The minimum Gasteiger partial charge on any atom is -0.444 e. The molecule has 180 valence electrons. The number of benzene rings is 2. The number of anilines is 2. The molecule has 0 atom stereocenters. The maximum atomic E-state index is 12.0. The van der Waals surface area contributed by atoms with Crippen LogP contribution in [0.1, 0.15) is 58.9 Å². The van der Waals surface area contributed by atoms with Crippen LogP contribution in [0.15, 0.2) is 42.6 Å². The predicted octanol–water partition coefficient (Wildman–Crippen LogP) is 5.69. The molecular formula is C27H35N5O2. The Hall–Kier alpha value is -3.35. The van der Waals surface area contributed by atoms with E-state index in [1.165, 1.54) is 5.56 Å². The van der Waals surface area contributed by atoms with Gasteiger partial charge in [-0.3, -0.25) is 0 Å². The molecule has 0 bridgehead atoms. The first-order valence-electron chi connectivity index (χ1n) is 12.1. The quantitative estimate of drug-likeness (QED) is 0.422. The minimum atomic E-state index is -0.483. The lowest BCUT2D eigenvalue weighted by Crippen LogP contribution is -2.42. The molecule has 1 amide bonds. The van der Waals surface area contributed by atoms with Crippen molar-refractivity contribution >= 4 is 28.6 Å². The number of nitrogens with two attached hydrogens (primary N) is 1. The third-order valence-electron chi connectivity index (χ3n) is 6.17.